The zero-order chi connectivity index (χ0) is 9.64. The van der Waals surface area contributed by atoms with E-state index in [1.165, 1.54) is 6.42 Å². The van der Waals surface area contributed by atoms with Crippen LogP contribution in [0.3, 0.4) is 0 Å². The van der Waals surface area contributed by atoms with Crippen LogP contribution in [0.1, 0.15) is 53.4 Å². The molecule has 2 saturated carbocycles. The largest absolute Gasteiger partial charge is 0.0625 e. The summed E-state index contributed by atoms with van der Waals surface area (Å²) >= 11 is 0. The van der Waals surface area contributed by atoms with Gasteiger partial charge in [0.05, 0.1) is 0 Å². The van der Waals surface area contributed by atoms with Crippen molar-refractivity contribution in [1.29, 1.82) is 0 Å². The third-order valence-corrected chi connectivity index (χ3v) is 4.68. The van der Waals surface area contributed by atoms with E-state index in [1.807, 2.05) is 0 Å². The van der Waals surface area contributed by atoms with Gasteiger partial charge in [-0.15, -0.1) is 0 Å². The first-order valence-electron chi connectivity index (χ1n) is 6.05. The molecule has 0 aliphatic heterocycles. The minimum absolute atomic E-state index is 0.836. The minimum Gasteiger partial charge on any atom is -0.0625 e. The summed E-state index contributed by atoms with van der Waals surface area (Å²) in [7, 11) is 0. The molecule has 0 aromatic heterocycles. The van der Waals surface area contributed by atoms with Crippen molar-refractivity contribution >= 4 is 0 Å². The topological polar surface area (TPSA) is 0 Å². The van der Waals surface area contributed by atoms with Gasteiger partial charge in [0.1, 0.15) is 0 Å². The molecule has 13 heavy (non-hydrogen) atoms. The summed E-state index contributed by atoms with van der Waals surface area (Å²) in [5.41, 5.74) is 0.836. The summed E-state index contributed by atoms with van der Waals surface area (Å²) in [5.74, 6) is 3.98. The Hall–Kier alpha value is 0. The fourth-order valence-corrected chi connectivity index (χ4v) is 3.61. The minimum atomic E-state index is 0.836. The first kappa shape index (κ1) is 9.55. The second-order valence-corrected chi connectivity index (χ2v) is 6.16. The second-order valence-electron chi connectivity index (χ2n) is 6.16. The van der Waals surface area contributed by atoms with Gasteiger partial charge in [-0.3, -0.25) is 0 Å². The molecule has 0 amide bonds. The predicted octanol–water partition coefficient (Wildman–Crippen LogP) is 4.10. The van der Waals surface area contributed by atoms with Gasteiger partial charge in [0.15, 0.2) is 0 Å². The average molecular weight is 180 g/mol. The van der Waals surface area contributed by atoms with E-state index >= 15 is 0 Å². The van der Waals surface area contributed by atoms with Crippen LogP contribution in [-0.2, 0) is 0 Å². The normalized spacial score (nSPS) is 43.8. The van der Waals surface area contributed by atoms with E-state index in [-0.39, 0.29) is 0 Å². The average Bonchev–Trinajstić information content (AvgIpc) is 2.52. The smallest absolute Gasteiger partial charge is 0.0261 e. The van der Waals surface area contributed by atoms with E-state index in [0.29, 0.717) is 0 Å². The van der Waals surface area contributed by atoms with Gasteiger partial charge < -0.3 is 0 Å². The van der Waals surface area contributed by atoms with Crippen LogP contribution in [0.2, 0.25) is 0 Å². The van der Waals surface area contributed by atoms with Gasteiger partial charge in [-0.05, 0) is 54.8 Å². The van der Waals surface area contributed by atoms with Gasteiger partial charge in [0.2, 0.25) is 0 Å². The summed E-state index contributed by atoms with van der Waals surface area (Å²) < 4.78 is 0. The molecule has 0 heterocycles. The molecule has 2 fully saturated rings. The molecule has 0 heteroatoms. The number of rotatable bonds is 2. The van der Waals surface area contributed by atoms with E-state index in [9.17, 15) is 0 Å². The van der Waals surface area contributed by atoms with Gasteiger partial charge >= 0.3 is 0 Å². The fourth-order valence-electron chi connectivity index (χ4n) is 3.61. The Morgan fingerprint density at radius 2 is 1.69 bits per heavy atom. The molecule has 0 aromatic rings. The molecule has 0 N–H and O–H groups in total. The van der Waals surface area contributed by atoms with Crippen LogP contribution in [0.15, 0.2) is 0 Å². The Kier molecular flexibility index (Phi) is 2.20. The standard InChI is InChI=1S/C13H24/c1-9(2)11-5-6-13(7-11)8-12(13)10(3)4/h9-12H,5-8H2,1-4H3. The maximum Gasteiger partial charge on any atom is -0.0261 e. The summed E-state index contributed by atoms with van der Waals surface area (Å²) in [6.07, 6.45) is 6.15. The fraction of sp³-hybridized carbons (Fsp3) is 1.00. The maximum absolute atomic E-state index is 2.40. The van der Waals surface area contributed by atoms with Gasteiger partial charge in [0, 0.05) is 0 Å². The van der Waals surface area contributed by atoms with Crippen molar-refractivity contribution in [3.8, 4) is 0 Å². The highest BCUT2D eigenvalue weighted by Gasteiger charge is 2.58. The summed E-state index contributed by atoms with van der Waals surface area (Å²) in [6.45, 7) is 9.61. The maximum atomic E-state index is 2.40. The van der Waals surface area contributed by atoms with Crippen molar-refractivity contribution in [2.45, 2.75) is 53.4 Å². The Balaban J connectivity index is 1.93. The van der Waals surface area contributed by atoms with Crippen LogP contribution in [0.4, 0.5) is 0 Å². The lowest BCUT2D eigenvalue weighted by Crippen LogP contribution is -2.07. The Bertz CT molecular complexity index is 184. The van der Waals surface area contributed by atoms with E-state index in [1.54, 1.807) is 19.3 Å². The Morgan fingerprint density at radius 1 is 1.00 bits per heavy atom. The molecule has 0 radical (unpaired) electrons. The lowest BCUT2D eigenvalue weighted by atomic mass is 9.90. The Labute approximate surface area is 83.1 Å². The summed E-state index contributed by atoms with van der Waals surface area (Å²) in [6, 6.07) is 0. The molecule has 2 aliphatic rings. The lowest BCUT2D eigenvalue weighted by molar-refractivity contribution is 0.344. The van der Waals surface area contributed by atoms with Crippen molar-refractivity contribution < 1.29 is 0 Å². The number of hydrogen-bond donors (Lipinski definition) is 0. The van der Waals surface area contributed by atoms with Crippen molar-refractivity contribution in [3.05, 3.63) is 0 Å². The number of hydrogen-bond acceptors (Lipinski definition) is 0. The first-order chi connectivity index (χ1) is 6.05. The van der Waals surface area contributed by atoms with Crippen molar-refractivity contribution in [3.63, 3.8) is 0 Å². The van der Waals surface area contributed by atoms with Gasteiger partial charge in [-0.2, -0.15) is 0 Å². The van der Waals surface area contributed by atoms with Crippen LogP contribution in [0, 0.1) is 29.1 Å². The van der Waals surface area contributed by atoms with Crippen molar-refractivity contribution in [1.82, 2.24) is 0 Å². The van der Waals surface area contributed by atoms with E-state index in [4.69, 9.17) is 0 Å². The van der Waals surface area contributed by atoms with Crippen LogP contribution < -0.4 is 0 Å². The Morgan fingerprint density at radius 3 is 2.08 bits per heavy atom. The summed E-state index contributed by atoms with van der Waals surface area (Å²) in [4.78, 5) is 0. The zero-order valence-electron chi connectivity index (χ0n) is 9.64. The van der Waals surface area contributed by atoms with Gasteiger partial charge in [-0.1, -0.05) is 27.7 Å². The molecular formula is C13H24. The quantitative estimate of drug-likeness (QED) is 0.600. The molecule has 76 valence electrons. The zero-order valence-corrected chi connectivity index (χ0v) is 9.64. The van der Waals surface area contributed by atoms with Crippen LogP contribution in [-0.4, -0.2) is 0 Å². The van der Waals surface area contributed by atoms with E-state index < -0.39 is 0 Å². The second kappa shape index (κ2) is 3.00. The molecule has 1 spiro atoms. The molecule has 3 unspecified atom stereocenters. The highest BCUT2D eigenvalue weighted by atomic mass is 14.6. The SMILES string of the molecule is CC(C)C1CCC2(C1)CC2C(C)C. The molecular weight excluding hydrogens is 156 g/mol. The molecule has 0 aromatic carbocycles. The van der Waals surface area contributed by atoms with Crippen LogP contribution in [0.5, 0.6) is 0 Å². The third kappa shape index (κ3) is 1.53. The van der Waals surface area contributed by atoms with Crippen LogP contribution in [0.25, 0.3) is 0 Å². The molecule has 0 bridgehead atoms. The lowest BCUT2D eigenvalue weighted by Gasteiger charge is -2.15. The molecule has 0 nitrogen and oxygen atoms in total. The monoisotopic (exact) mass is 180 g/mol. The molecule has 3 atom stereocenters. The summed E-state index contributed by atoms with van der Waals surface area (Å²) in [5, 5.41) is 0. The van der Waals surface area contributed by atoms with Crippen LogP contribution >= 0.6 is 0 Å². The van der Waals surface area contributed by atoms with Crippen molar-refractivity contribution in [2.75, 3.05) is 0 Å². The molecule has 0 saturated heterocycles. The highest BCUT2D eigenvalue weighted by Crippen LogP contribution is 2.67. The predicted molar refractivity (Wildman–Crippen MR) is 57.6 cm³/mol. The van der Waals surface area contributed by atoms with E-state index in [0.717, 1.165) is 29.1 Å². The molecule has 2 rings (SSSR count). The first-order valence-corrected chi connectivity index (χ1v) is 6.05. The van der Waals surface area contributed by atoms with Crippen molar-refractivity contribution in [2.24, 2.45) is 29.1 Å². The highest BCUT2D eigenvalue weighted by molar-refractivity contribution is 5.07. The van der Waals surface area contributed by atoms with E-state index in [2.05, 4.69) is 27.7 Å². The third-order valence-electron chi connectivity index (χ3n) is 4.68. The van der Waals surface area contributed by atoms with Gasteiger partial charge in [0.25, 0.3) is 0 Å². The van der Waals surface area contributed by atoms with Gasteiger partial charge in [-0.25, -0.2) is 0 Å². The molecule has 2 aliphatic carbocycles.